The van der Waals surface area contributed by atoms with Crippen LogP contribution in [0.5, 0.6) is 0 Å². The fourth-order valence-corrected chi connectivity index (χ4v) is 4.50. The Bertz CT molecular complexity index is 938. The number of piperazine rings is 1. The molecule has 0 saturated carbocycles. The topological polar surface area (TPSA) is 81.8 Å². The summed E-state index contributed by atoms with van der Waals surface area (Å²) in [6, 6.07) is 9.22. The van der Waals surface area contributed by atoms with Gasteiger partial charge in [0, 0.05) is 31.7 Å². The van der Waals surface area contributed by atoms with Crippen molar-refractivity contribution in [1.29, 1.82) is 0 Å². The second-order valence-electron chi connectivity index (χ2n) is 7.68. The third-order valence-corrected chi connectivity index (χ3v) is 6.31. The first-order valence-electron chi connectivity index (χ1n) is 9.76. The minimum atomic E-state index is -0.229. The molecule has 4 amide bonds. The van der Waals surface area contributed by atoms with Crippen LogP contribution in [0.3, 0.4) is 0 Å². The van der Waals surface area contributed by atoms with Crippen molar-refractivity contribution >= 4 is 34.2 Å². The van der Waals surface area contributed by atoms with E-state index in [-0.39, 0.29) is 23.9 Å². The van der Waals surface area contributed by atoms with Crippen molar-refractivity contribution in [3.8, 4) is 0 Å². The van der Waals surface area contributed by atoms with Gasteiger partial charge in [0.05, 0.1) is 11.6 Å². The minimum absolute atomic E-state index is 0.0105. The highest BCUT2D eigenvalue weighted by Crippen LogP contribution is 2.27. The molecule has 0 aliphatic carbocycles. The molecule has 0 radical (unpaired) electrons. The fourth-order valence-electron chi connectivity index (χ4n) is 3.73. The quantitative estimate of drug-likeness (QED) is 0.810. The third-order valence-electron chi connectivity index (χ3n) is 5.48. The van der Waals surface area contributed by atoms with E-state index in [1.807, 2.05) is 29.6 Å². The Morgan fingerprint density at radius 3 is 2.66 bits per heavy atom. The highest BCUT2D eigenvalue weighted by atomic mass is 32.1. The molecule has 2 fully saturated rings. The molecule has 1 aromatic carbocycles. The molecule has 1 unspecified atom stereocenters. The highest BCUT2D eigenvalue weighted by Gasteiger charge is 2.37. The number of thiophene rings is 1. The average Bonchev–Trinajstić information content (AvgIpc) is 3.34. The first-order valence-corrected chi connectivity index (χ1v) is 10.6. The van der Waals surface area contributed by atoms with Gasteiger partial charge in [-0.3, -0.25) is 9.59 Å². The molecular weight excluding hydrogens is 388 g/mol. The predicted molar refractivity (Wildman–Crippen MR) is 113 cm³/mol. The number of hydrogen-bond donors (Lipinski definition) is 2. The monoisotopic (exact) mass is 412 g/mol. The number of nitrogens with zero attached hydrogens (tertiary/aromatic N) is 2. The maximum Gasteiger partial charge on any atom is 0.317 e. The van der Waals surface area contributed by atoms with Gasteiger partial charge in [-0.15, -0.1) is 11.3 Å². The summed E-state index contributed by atoms with van der Waals surface area (Å²) in [4.78, 5) is 41.0. The predicted octanol–water partition coefficient (Wildman–Crippen LogP) is 2.97. The molecule has 2 saturated heterocycles. The van der Waals surface area contributed by atoms with Gasteiger partial charge < -0.3 is 20.4 Å². The van der Waals surface area contributed by atoms with Crippen LogP contribution in [0.2, 0.25) is 0 Å². The zero-order valence-electron chi connectivity index (χ0n) is 16.5. The Balaban J connectivity index is 1.45. The molecule has 0 spiro atoms. The second kappa shape index (κ2) is 7.87. The van der Waals surface area contributed by atoms with Crippen LogP contribution in [0, 0.1) is 0 Å². The summed E-state index contributed by atoms with van der Waals surface area (Å²) in [6.45, 7) is 6.28. The van der Waals surface area contributed by atoms with Crippen LogP contribution in [0.15, 0.2) is 35.7 Å². The van der Waals surface area contributed by atoms with Crippen LogP contribution in [0.25, 0.3) is 0 Å². The molecule has 2 aliphatic rings. The lowest BCUT2D eigenvalue weighted by molar-refractivity contribution is 0.0618. The van der Waals surface area contributed by atoms with Gasteiger partial charge in [-0.1, -0.05) is 26.0 Å². The van der Waals surface area contributed by atoms with Gasteiger partial charge in [0.2, 0.25) is 0 Å². The van der Waals surface area contributed by atoms with Crippen LogP contribution in [-0.4, -0.2) is 59.9 Å². The Morgan fingerprint density at radius 1 is 1.17 bits per heavy atom. The maximum absolute atomic E-state index is 13.0. The van der Waals surface area contributed by atoms with Crippen molar-refractivity contribution in [3.05, 3.63) is 52.4 Å². The number of hydrogen-bond acceptors (Lipinski definition) is 4. The standard InChI is InChI=1S/C21H24N4O3S/c1-13(2)14-3-5-15(6-4-14)18(26)23-19-17(7-10-29-19)20(27)24-8-9-25-16(12-24)11-22-21(25)28/h3-7,10,13,16H,8-9,11-12H2,1-2H3,(H,22,28)(H,23,26). The number of rotatable bonds is 4. The normalized spacial score (nSPS) is 18.6. The first kappa shape index (κ1) is 19.4. The highest BCUT2D eigenvalue weighted by molar-refractivity contribution is 7.14. The van der Waals surface area contributed by atoms with E-state index >= 15 is 0 Å². The lowest BCUT2D eigenvalue weighted by Crippen LogP contribution is -2.53. The molecule has 0 bridgehead atoms. The summed E-state index contributed by atoms with van der Waals surface area (Å²) >= 11 is 1.34. The van der Waals surface area contributed by atoms with E-state index < -0.39 is 0 Å². The number of fused-ring (bicyclic) bond motifs is 1. The lowest BCUT2D eigenvalue weighted by atomic mass is 10.0. The second-order valence-corrected chi connectivity index (χ2v) is 8.59. The molecule has 2 aliphatic heterocycles. The summed E-state index contributed by atoms with van der Waals surface area (Å²) in [7, 11) is 0. The van der Waals surface area contributed by atoms with Crippen molar-refractivity contribution in [2.45, 2.75) is 25.8 Å². The molecule has 2 aromatic rings. The lowest BCUT2D eigenvalue weighted by Gasteiger charge is -2.36. The molecule has 4 rings (SSSR count). The van der Waals surface area contributed by atoms with Crippen molar-refractivity contribution < 1.29 is 14.4 Å². The van der Waals surface area contributed by atoms with Crippen molar-refractivity contribution in [2.75, 3.05) is 31.5 Å². The third kappa shape index (κ3) is 3.85. The minimum Gasteiger partial charge on any atom is -0.336 e. The zero-order valence-corrected chi connectivity index (χ0v) is 17.3. The van der Waals surface area contributed by atoms with Gasteiger partial charge in [0.15, 0.2) is 0 Å². The summed E-state index contributed by atoms with van der Waals surface area (Å²) in [6.07, 6.45) is 0. The number of amides is 4. The van der Waals surface area contributed by atoms with E-state index in [1.54, 1.807) is 15.9 Å². The average molecular weight is 413 g/mol. The SMILES string of the molecule is CC(C)c1ccc(C(=O)Nc2sccc2C(=O)N2CCN3C(=O)NCC3C2)cc1. The maximum atomic E-state index is 13.0. The van der Waals surface area contributed by atoms with Crippen molar-refractivity contribution in [3.63, 3.8) is 0 Å². The zero-order chi connectivity index (χ0) is 20.5. The fraction of sp³-hybridized carbons (Fsp3) is 0.381. The Labute approximate surface area is 173 Å². The van der Waals surface area contributed by atoms with Gasteiger partial charge in [-0.25, -0.2) is 4.79 Å². The summed E-state index contributed by atoms with van der Waals surface area (Å²) in [5.74, 6) is 0.0578. The number of nitrogens with one attached hydrogen (secondary N) is 2. The van der Waals surface area contributed by atoms with Gasteiger partial charge in [0.1, 0.15) is 5.00 Å². The van der Waals surface area contributed by atoms with Crippen molar-refractivity contribution in [2.24, 2.45) is 0 Å². The van der Waals surface area contributed by atoms with Gasteiger partial charge in [0.25, 0.3) is 11.8 Å². The van der Waals surface area contributed by atoms with E-state index in [1.165, 1.54) is 16.9 Å². The Morgan fingerprint density at radius 2 is 1.93 bits per heavy atom. The Kier molecular flexibility index (Phi) is 5.27. The number of carbonyl (C=O) groups excluding carboxylic acids is 3. The largest absolute Gasteiger partial charge is 0.336 e. The summed E-state index contributed by atoms with van der Waals surface area (Å²) < 4.78 is 0. The molecule has 3 heterocycles. The van der Waals surface area contributed by atoms with E-state index in [2.05, 4.69) is 24.5 Å². The smallest absolute Gasteiger partial charge is 0.317 e. The Hall–Kier alpha value is -2.87. The van der Waals surface area contributed by atoms with Gasteiger partial charge >= 0.3 is 6.03 Å². The summed E-state index contributed by atoms with van der Waals surface area (Å²) in [5.41, 5.74) is 2.23. The molecule has 2 N–H and O–H groups in total. The van der Waals surface area contributed by atoms with Crippen molar-refractivity contribution in [1.82, 2.24) is 15.1 Å². The number of anilines is 1. The molecule has 7 nitrogen and oxygen atoms in total. The van der Waals surface area contributed by atoms with E-state index in [4.69, 9.17) is 0 Å². The van der Waals surface area contributed by atoms with Crippen LogP contribution < -0.4 is 10.6 Å². The molecule has 1 atom stereocenters. The molecule has 152 valence electrons. The molecule has 1 aromatic heterocycles. The van der Waals surface area contributed by atoms with E-state index in [0.717, 1.165) is 0 Å². The van der Waals surface area contributed by atoms with Crippen LogP contribution in [-0.2, 0) is 0 Å². The number of urea groups is 1. The number of carbonyl (C=O) groups is 3. The van der Waals surface area contributed by atoms with E-state index in [0.29, 0.717) is 48.2 Å². The summed E-state index contributed by atoms with van der Waals surface area (Å²) in [5, 5.41) is 8.06. The van der Waals surface area contributed by atoms with Crippen LogP contribution >= 0.6 is 11.3 Å². The molecular formula is C21H24N4O3S. The van der Waals surface area contributed by atoms with Crippen LogP contribution in [0.4, 0.5) is 9.80 Å². The molecule has 8 heteroatoms. The van der Waals surface area contributed by atoms with Gasteiger partial charge in [-0.05, 0) is 35.1 Å². The molecule has 29 heavy (non-hydrogen) atoms. The van der Waals surface area contributed by atoms with E-state index in [9.17, 15) is 14.4 Å². The first-order chi connectivity index (χ1) is 13.9. The number of benzene rings is 1. The van der Waals surface area contributed by atoms with Gasteiger partial charge in [-0.2, -0.15) is 0 Å². The van der Waals surface area contributed by atoms with Crippen LogP contribution in [0.1, 0.15) is 46.0 Å².